The van der Waals surface area contributed by atoms with Gasteiger partial charge >= 0.3 is 5.97 Å². The fourth-order valence-corrected chi connectivity index (χ4v) is 2.40. The van der Waals surface area contributed by atoms with Crippen LogP contribution in [0.2, 0.25) is 5.02 Å². The van der Waals surface area contributed by atoms with Crippen LogP contribution in [0.3, 0.4) is 0 Å². The van der Waals surface area contributed by atoms with E-state index in [0.29, 0.717) is 17.2 Å². The minimum atomic E-state index is -0.340. The minimum absolute atomic E-state index is 0.0517. The van der Waals surface area contributed by atoms with E-state index >= 15 is 0 Å². The Hall–Kier alpha value is -0.330. The molecule has 1 aromatic carbocycles. The lowest BCUT2D eigenvalue weighted by molar-refractivity contribution is 0.0160. The molecule has 1 saturated heterocycles. The van der Waals surface area contributed by atoms with E-state index in [1.807, 2.05) is 0 Å². The summed E-state index contributed by atoms with van der Waals surface area (Å²) in [5.74, 6) is -0.340. The lowest BCUT2D eigenvalue weighted by Crippen LogP contribution is -2.18. The highest BCUT2D eigenvalue weighted by atomic mass is 127. The van der Waals surface area contributed by atoms with E-state index in [1.54, 1.807) is 18.2 Å². The molecular formula is C12H12ClIO3. The first-order valence-corrected chi connectivity index (χ1v) is 6.86. The molecule has 0 N–H and O–H groups in total. The summed E-state index contributed by atoms with van der Waals surface area (Å²) in [6.45, 7) is 1.08. The van der Waals surface area contributed by atoms with E-state index in [1.165, 1.54) is 0 Å². The summed E-state index contributed by atoms with van der Waals surface area (Å²) in [5.41, 5.74) is 0.510. The molecule has 5 heteroatoms. The maximum Gasteiger partial charge on any atom is 0.339 e. The normalized spacial score (nSPS) is 19.3. The summed E-state index contributed by atoms with van der Waals surface area (Å²) in [6, 6.07) is 5.17. The Kier molecular flexibility index (Phi) is 4.64. The van der Waals surface area contributed by atoms with Crippen molar-refractivity contribution in [3.63, 3.8) is 0 Å². The van der Waals surface area contributed by atoms with Crippen molar-refractivity contribution in [1.29, 1.82) is 0 Å². The molecule has 0 aliphatic carbocycles. The first kappa shape index (κ1) is 13.1. The van der Waals surface area contributed by atoms with Gasteiger partial charge in [0.2, 0.25) is 0 Å². The lowest BCUT2D eigenvalue weighted by atomic mass is 10.2. The van der Waals surface area contributed by atoms with E-state index in [0.717, 1.165) is 23.0 Å². The number of esters is 1. The molecule has 0 unspecified atom stereocenters. The molecule has 0 bridgehead atoms. The van der Waals surface area contributed by atoms with Gasteiger partial charge in [0.1, 0.15) is 6.61 Å². The van der Waals surface area contributed by atoms with Crippen molar-refractivity contribution >= 4 is 40.2 Å². The predicted octanol–water partition coefficient (Wildman–Crippen LogP) is 3.28. The third-order valence-electron chi connectivity index (χ3n) is 2.57. The molecular weight excluding hydrogens is 354 g/mol. The van der Waals surface area contributed by atoms with Gasteiger partial charge in [0.25, 0.3) is 0 Å². The van der Waals surface area contributed by atoms with Crippen LogP contribution in [0, 0.1) is 3.57 Å². The van der Waals surface area contributed by atoms with Gasteiger partial charge in [0, 0.05) is 15.2 Å². The lowest BCUT2D eigenvalue weighted by Gasteiger charge is -2.11. The molecule has 1 fully saturated rings. The van der Waals surface area contributed by atoms with Crippen LogP contribution in [0.1, 0.15) is 23.2 Å². The quantitative estimate of drug-likeness (QED) is 0.608. The Morgan fingerprint density at radius 3 is 3.12 bits per heavy atom. The van der Waals surface area contributed by atoms with Crippen LogP contribution >= 0.6 is 34.2 Å². The standard InChI is InChI=1S/C12H12ClIO3/c13-8-3-4-11(14)10(6-8)12(15)17-7-9-2-1-5-16-9/h3-4,6,9H,1-2,5,7H2/t9-/m0/s1. The molecule has 0 amide bonds. The molecule has 3 nitrogen and oxygen atoms in total. The second kappa shape index (κ2) is 6.02. The van der Waals surface area contributed by atoms with Crippen molar-refractivity contribution < 1.29 is 14.3 Å². The zero-order valence-electron chi connectivity index (χ0n) is 9.12. The Labute approximate surface area is 119 Å². The molecule has 0 radical (unpaired) electrons. The molecule has 92 valence electrons. The van der Waals surface area contributed by atoms with E-state index in [-0.39, 0.29) is 12.1 Å². The summed E-state index contributed by atoms with van der Waals surface area (Å²) in [7, 11) is 0. The van der Waals surface area contributed by atoms with E-state index in [9.17, 15) is 4.79 Å². The Morgan fingerprint density at radius 2 is 2.41 bits per heavy atom. The molecule has 17 heavy (non-hydrogen) atoms. The fourth-order valence-electron chi connectivity index (χ4n) is 1.68. The predicted molar refractivity (Wildman–Crippen MR) is 73.4 cm³/mol. The molecule has 1 aromatic rings. The van der Waals surface area contributed by atoms with Crippen LogP contribution in [0.5, 0.6) is 0 Å². The molecule has 0 spiro atoms. The van der Waals surface area contributed by atoms with Gasteiger partial charge < -0.3 is 9.47 Å². The SMILES string of the molecule is O=C(OC[C@@H]1CCCO1)c1cc(Cl)ccc1I. The monoisotopic (exact) mass is 366 g/mol. The maximum absolute atomic E-state index is 11.8. The van der Waals surface area contributed by atoms with Crippen LogP contribution in [-0.2, 0) is 9.47 Å². The van der Waals surface area contributed by atoms with Gasteiger partial charge in [-0.15, -0.1) is 0 Å². The Balaban J connectivity index is 1.96. The smallest absolute Gasteiger partial charge is 0.339 e. The summed E-state index contributed by atoms with van der Waals surface area (Å²) < 4.78 is 11.4. The maximum atomic E-state index is 11.8. The number of carbonyl (C=O) groups is 1. The van der Waals surface area contributed by atoms with Gasteiger partial charge in [-0.3, -0.25) is 0 Å². The van der Waals surface area contributed by atoms with E-state index in [2.05, 4.69) is 22.6 Å². The van der Waals surface area contributed by atoms with Crippen molar-refractivity contribution in [3.8, 4) is 0 Å². The average Bonchev–Trinajstić information content (AvgIpc) is 2.82. The third-order valence-corrected chi connectivity index (χ3v) is 3.75. The van der Waals surface area contributed by atoms with Crippen molar-refractivity contribution in [1.82, 2.24) is 0 Å². The summed E-state index contributed by atoms with van der Waals surface area (Å²) in [5, 5.41) is 0.537. The molecule has 0 saturated carbocycles. The van der Waals surface area contributed by atoms with Gasteiger partial charge in [-0.1, -0.05) is 11.6 Å². The fraction of sp³-hybridized carbons (Fsp3) is 0.417. The average molecular weight is 367 g/mol. The first-order valence-electron chi connectivity index (χ1n) is 5.40. The minimum Gasteiger partial charge on any atom is -0.459 e. The number of hydrogen-bond donors (Lipinski definition) is 0. The van der Waals surface area contributed by atoms with Gasteiger partial charge in [-0.05, 0) is 53.6 Å². The van der Waals surface area contributed by atoms with Crippen molar-refractivity contribution in [3.05, 3.63) is 32.4 Å². The summed E-state index contributed by atoms with van der Waals surface area (Å²) in [6.07, 6.45) is 2.05. The number of hydrogen-bond acceptors (Lipinski definition) is 3. The van der Waals surface area contributed by atoms with Gasteiger partial charge in [0.15, 0.2) is 0 Å². The van der Waals surface area contributed by atoms with Gasteiger partial charge in [0.05, 0.1) is 11.7 Å². The van der Waals surface area contributed by atoms with Crippen molar-refractivity contribution in [2.24, 2.45) is 0 Å². The van der Waals surface area contributed by atoms with Crippen LogP contribution < -0.4 is 0 Å². The third kappa shape index (κ3) is 3.56. The second-order valence-electron chi connectivity index (χ2n) is 3.86. The van der Waals surface area contributed by atoms with Gasteiger partial charge in [-0.2, -0.15) is 0 Å². The molecule has 0 aromatic heterocycles. The van der Waals surface area contributed by atoms with Gasteiger partial charge in [-0.25, -0.2) is 4.79 Å². The number of halogens is 2. The van der Waals surface area contributed by atoms with Crippen molar-refractivity contribution in [2.75, 3.05) is 13.2 Å². The van der Waals surface area contributed by atoms with Crippen LogP contribution in [0.15, 0.2) is 18.2 Å². The highest BCUT2D eigenvalue weighted by molar-refractivity contribution is 14.1. The molecule has 1 aliphatic heterocycles. The molecule has 2 rings (SSSR count). The number of rotatable bonds is 3. The zero-order valence-corrected chi connectivity index (χ0v) is 12.0. The molecule has 1 atom stereocenters. The number of ether oxygens (including phenoxy) is 2. The van der Waals surface area contributed by atoms with E-state index < -0.39 is 0 Å². The first-order chi connectivity index (χ1) is 8.16. The number of carbonyl (C=O) groups excluding carboxylic acids is 1. The summed E-state index contributed by atoms with van der Waals surface area (Å²) in [4.78, 5) is 11.8. The summed E-state index contributed by atoms with van der Waals surface area (Å²) >= 11 is 7.94. The molecule has 1 heterocycles. The number of benzene rings is 1. The topological polar surface area (TPSA) is 35.5 Å². The highest BCUT2D eigenvalue weighted by Crippen LogP contribution is 2.19. The molecule has 1 aliphatic rings. The highest BCUT2D eigenvalue weighted by Gasteiger charge is 2.19. The Morgan fingerprint density at radius 1 is 1.59 bits per heavy atom. The van der Waals surface area contributed by atoms with Crippen molar-refractivity contribution in [2.45, 2.75) is 18.9 Å². The van der Waals surface area contributed by atoms with E-state index in [4.69, 9.17) is 21.1 Å². The Bertz CT molecular complexity index is 416. The second-order valence-corrected chi connectivity index (χ2v) is 5.46. The van der Waals surface area contributed by atoms with Crippen LogP contribution in [-0.4, -0.2) is 25.3 Å². The largest absolute Gasteiger partial charge is 0.459 e. The zero-order chi connectivity index (χ0) is 12.3. The van der Waals surface area contributed by atoms with Crippen LogP contribution in [0.4, 0.5) is 0 Å². The van der Waals surface area contributed by atoms with Crippen LogP contribution in [0.25, 0.3) is 0 Å².